The van der Waals surface area contributed by atoms with Gasteiger partial charge in [0.05, 0.1) is 11.4 Å². The zero-order valence-electron chi connectivity index (χ0n) is 15.8. The quantitative estimate of drug-likeness (QED) is 0.459. The lowest BCUT2D eigenvalue weighted by Gasteiger charge is -2.15. The number of benzene rings is 2. The topological polar surface area (TPSA) is 38.1 Å². The second-order valence-corrected chi connectivity index (χ2v) is 7.30. The zero-order chi connectivity index (χ0) is 19.2. The predicted molar refractivity (Wildman–Crippen MR) is 111 cm³/mol. The van der Waals surface area contributed by atoms with Crippen molar-refractivity contribution < 1.29 is 4.79 Å². The van der Waals surface area contributed by atoms with Gasteiger partial charge in [-0.15, -0.1) is 0 Å². The molecule has 0 N–H and O–H groups in total. The molecule has 1 heterocycles. The Morgan fingerprint density at radius 2 is 1.70 bits per heavy atom. The molecule has 0 aliphatic heterocycles. The van der Waals surface area contributed by atoms with Crippen molar-refractivity contribution >= 4 is 17.7 Å². The summed E-state index contributed by atoms with van der Waals surface area (Å²) in [5, 5.41) is 6.49. The van der Waals surface area contributed by atoms with Crippen LogP contribution in [-0.2, 0) is 11.3 Å². The van der Waals surface area contributed by atoms with E-state index in [9.17, 15) is 4.79 Å². The molecule has 1 aromatic heterocycles. The standard InChI is InChI=1S/C22H23N3OS/c1-17-21(18(2)25(23-17)19-10-6-4-7-11-19)16-24(3)22(26)14-15-27-20-12-8-5-9-13-20/h4-15H,16H2,1-3H3/b15-14+. The lowest BCUT2D eigenvalue weighted by atomic mass is 10.2. The van der Waals surface area contributed by atoms with Gasteiger partial charge >= 0.3 is 0 Å². The smallest absolute Gasteiger partial charge is 0.247 e. The minimum atomic E-state index is -0.0234. The van der Waals surface area contributed by atoms with E-state index in [2.05, 4.69) is 5.10 Å². The SMILES string of the molecule is Cc1nn(-c2ccccc2)c(C)c1CN(C)C(=O)/C=C/Sc1ccccc1. The monoisotopic (exact) mass is 377 g/mol. The molecule has 0 unspecified atom stereocenters. The van der Waals surface area contributed by atoms with Crippen LogP contribution in [0.15, 0.2) is 77.0 Å². The third-order valence-electron chi connectivity index (χ3n) is 4.37. The van der Waals surface area contributed by atoms with E-state index in [-0.39, 0.29) is 5.91 Å². The molecular weight excluding hydrogens is 354 g/mol. The van der Waals surface area contributed by atoms with Gasteiger partial charge in [0, 0.05) is 35.8 Å². The molecule has 0 spiro atoms. The summed E-state index contributed by atoms with van der Waals surface area (Å²) in [7, 11) is 1.82. The summed E-state index contributed by atoms with van der Waals surface area (Å²) in [6, 6.07) is 20.0. The van der Waals surface area contributed by atoms with Gasteiger partial charge in [-0.25, -0.2) is 4.68 Å². The van der Waals surface area contributed by atoms with Crippen molar-refractivity contribution in [2.24, 2.45) is 0 Å². The first-order valence-corrected chi connectivity index (χ1v) is 9.68. The maximum atomic E-state index is 12.4. The van der Waals surface area contributed by atoms with Crippen molar-refractivity contribution in [1.29, 1.82) is 0 Å². The highest BCUT2D eigenvalue weighted by molar-refractivity contribution is 8.02. The predicted octanol–water partition coefficient (Wildman–Crippen LogP) is 4.75. The van der Waals surface area contributed by atoms with Gasteiger partial charge in [-0.2, -0.15) is 5.10 Å². The van der Waals surface area contributed by atoms with Crippen LogP contribution in [0.2, 0.25) is 0 Å². The van der Waals surface area contributed by atoms with Crippen molar-refractivity contribution in [1.82, 2.24) is 14.7 Å². The first-order valence-electron chi connectivity index (χ1n) is 8.80. The Labute approximate surface area is 164 Å². The lowest BCUT2D eigenvalue weighted by Crippen LogP contribution is -2.24. The molecule has 5 heteroatoms. The van der Waals surface area contributed by atoms with Crippen LogP contribution in [0.5, 0.6) is 0 Å². The molecule has 27 heavy (non-hydrogen) atoms. The van der Waals surface area contributed by atoms with E-state index in [4.69, 9.17) is 0 Å². The molecule has 3 rings (SSSR count). The van der Waals surface area contributed by atoms with Crippen LogP contribution in [0, 0.1) is 13.8 Å². The summed E-state index contributed by atoms with van der Waals surface area (Å²) in [5.41, 5.74) is 4.11. The van der Waals surface area contributed by atoms with E-state index in [1.54, 1.807) is 11.0 Å². The Balaban J connectivity index is 1.68. The fraction of sp³-hybridized carbons (Fsp3) is 0.182. The zero-order valence-corrected chi connectivity index (χ0v) is 16.6. The van der Waals surface area contributed by atoms with Gasteiger partial charge < -0.3 is 4.90 Å². The molecule has 4 nitrogen and oxygen atoms in total. The van der Waals surface area contributed by atoms with E-state index >= 15 is 0 Å². The number of carbonyl (C=O) groups excluding carboxylic acids is 1. The summed E-state index contributed by atoms with van der Waals surface area (Å²) in [4.78, 5) is 15.3. The number of aryl methyl sites for hydroxylation is 1. The van der Waals surface area contributed by atoms with Crippen LogP contribution in [0.3, 0.4) is 0 Å². The number of likely N-dealkylation sites (N-methyl/N-ethyl adjacent to an activating group) is 1. The van der Waals surface area contributed by atoms with E-state index in [1.807, 2.05) is 91.6 Å². The second kappa shape index (κ2) is 8.73. The van der Waals surface area contributed by atoms with Crippen LogP contribution < -0.4 is 0 Å². The Kier molecular flexibility index (Phi) is 6.14. The van der Waals surface area contributed by atoms with Gasteiger partial charge in [0.2, 0.25) is 5.91 Å². The number of rotatable bonds is 6. The van der Waals surface area contributed by atoms with Gasteiger partial charge in [-0.3, -0.25) is 4.79 Å². The average Bonchev–Trinajstić information content (AvgIpc) is 2.97. The van der Waals surface area contributed by atoms with Gasteiger partial charge in [0.25, 0.3) is 0 Å². The fourth-order valence-electron chi connectivity index (χ4n) is 2.84. The maximum absolute atomic E-state index is 12.4. The molecule has 138 valence electrons. The summed E-state index contributed by atoms with van der Waals surface area (Å²) in [6.07, 6.45) is 1.62. The first kappa shape index (κ1) is 19.0. The molecule has 0 saturated heterocycles. The first-order chi connectivity index (χ1) is 13.1. The molecule has 0 aliphatic carbocycles. The van der Waals surface area contributed by atoms with Crippen molar-refractivity contribution in [2.45, 2.75) is 25.3 Å². The second-order valence-electron chi connectivity index (χ2n) is 6.32. The number of thioether (sulfide) groups is 1. The molecule has 0 aliphatic rings. The fourth-order valence-corrected chi connectivity index (χ4v) is 3.49. The lowest BCUT2D eigenvalue weighted by molar-refractivity contribution is -0.125. The van der Waals surface area contributed by atoms with Crippen LogP contribution in [0.4, 0.5) is 0 Å². The molecule has 0 fully saturated rings. The highest BCUT2D eigenvalue weighted by Crippen LogP contribution is 2.20. The third-order valence-corrected chi connectivity index (χ3v) is 5.19. The van der Waals surface area contributed by atoms with Crippen molar-refractivity contribution in [3.63, 3.8) is 0 Å². The number of carbonyl (C=O) groups is 1. The third kappa shape index (κ3) is 4.68. The number of aromatic nitrogens is 2. The van der Waals surface area contributed by atoms with Crippen LogP contribution >= 0.6 is 11.8 Å². The number of nitrogens with zero attached hydrogens (tertiary/aromatic N) is 3. The summed E-state index contributed by atoms with van der Waals surface area (Å²) in [5.74, 6) is -0.0234. The average molecular weight is 378 g/mol. The highest BCUT2D eigenvalue weighted by Gasteiger charge is 2.16. The number of para-hydroxylation sites is 1. The molecule has 0 bridgehead atoms. The van der Waals surface area contributed by atoms with E-state index < -0.39 is 0 Å². The van der Waals surface area contributed by atoms with E-state index in [0.29, 0.717) is 6.54 Å². The van der Waals surface area contributed by atoms with Crippen molar-refractivity contribution in [2.75, 3.05) is 7.05 Å². The minimum absolute atomic E-state index is 0.0234. The number of amides is 1. The van der Waals surface area contributed by atoms with Crippen molar-refractivity contribution in [3.8, 4) is 5.69 Å². The van der Waals surface area contributed by atoms with Gasteiger partial charge in [-0.05, 0) is 43.5 Å². The van der Waals surface area contributed by atoms with Crippen LogP contribution in [-0.4, -0.2) is 27.6 Å². The highest BCUT2D eigenvalue weighted by atomic mass is 32.2. The van der Waals surface area contributed by atoms with Crippen molar-refractivity contribution in [3.05, 3.63) is 89.1 Å². The van der Waals surface area contributed by atoms with Gasteiger partial charge in [0.1, 0.15) is 0 Å². The molecule has 0 radical (unpaired) electrons. The Hall–Kier alpha value is -2.79. The Morgan fingerprint density at radius 3 is 2.37 bits per heavy atom. The summed E-state index contributed by atoms with van der Waals surface area (Å²) >= 11 is 1.54. The van der Waals surface area contributed by atoms with E-state index in [1.165, 1.54) is 11.8 Å². The minimum Gasteiger partial charge on any atom is -0.338 e. The van der Waals surface area contributed by atoms with Crippen LogP contribution in [0.25, 0.3) is 5.69 Å². The van der Waals surface area contributed by atoms with Gasteiger partial charge in [0.15, 0.2) is 0 Å². The van der Waals surface area contributed by atoms with Crippen LogP contribution in [0.1, 0.15) is 17.0 Å². The Morgan fingerprint density at radius 1 is 1.07 bits per heavy atom. The maximum Gasteiger partial charge on any atom is 0.247 e. The molecule has 0 saturated carbocycles. The molecule has 3 aromatic rings. The van der Waals surface area contributed by atoms with Gasteiger partial charge in [-0.1, -0.05) is 48.2 Å². The normalized spacial score (nSPS) is 11.1. The summed E-state index contributed by atoms with van der Waals surface area (Å²) < 4.78 is 1.93. The molecule has 1 amide bonds. The molecule has 0 atom stereocenters. The number of hydrogen-bond acceptors (Lipinski definition) is 3. The van der Waals surface area contributed by atoms with E-state index in [0.717, 1.165) is 27.5 Å². The summed E-state index contributed by atoms with van der Waals surface area (Å²) in [6.45, 7) is 4.56. The largest absolute Gasteiger partial charge is 0.338 e. The molecule has 2 aromatic carbocycles. The number of hydrogen-bond donors (Lipinski definition) is 0. The Bertz CT molecular complexity index is 933. The molecular formula is C22H23N3OS.